The van der Waals surface area contributed by atoms with Crippen LogP contribution in [-0.2, 0) is 4.74 Å². The standard InChI is InChI=1S/C14H21N3O2/c1-3-15-12-11(6-4-9-16-12)13(18)17-10-14(19-2)7-5-8-14/h4,6,9H,3,5,7-8,10H2,1-2H3,(H,15,16)(H,17,18). The van der Waals surface area contributed by atoms with Crippen LogP contribution in [0.25, 0.3) is 0 Å². The largest absolute Gasteiger partial charge is 0.376 e. The fraction of sp³-hybridized carbons (Fsp3) is 0.571. The van der Waals surface area contributed by atoms with E-state index in [1.165, 1.54) is 6.42 Å². The van der Waals surface area contributed by atoms with Gasteiger partial charge in [-0.25, -0.2) is 4.98 Å². The maximum Gasteiger partial charge on any atom is 0.255 e. The number of aromatic nitrogens is 1. The van der Waals surface area contributed by atoms with E-state index in [0.29, 0.717) is 17.9 Å². The zero-order valence-corrected chi connectivity index (χ0v) is 11.5. The number of methoxy groups -OCH3 is 1. The van der Waals surface area contributed by atoms with Crippen molar-refractivity contribution >= 4 is 11.7 Å². The number of amides is 1. The molecule has 0 spiro atoms. The topological polar surface area (TPSA) is 63.2 Å². The Bertz CT molecular complexity index is 439. The zero-order valence-electron chi connectivity index (χ0n) is 11.5. The molecule has 19 heavy (non-hydrogen) atoms. The number of nitrogens with zero attached hydrogens (tertiary/aromatic N) is 1. The van der Waals surface area contributed by atoms with Crippen molar-refractivity contribution in [2.24, 2.45) is 0 Å². The van der Waals surface area contributed by atoms with Gasteiger partial charge in [-0.05, 0) is 38.3 Å². The van der Waals surface area contributed by atoms with E-state index in [1.807, 2.05) is 6.92 Å². The van der Waals surface area contributed by atoms with Crippen molar-refractivity contribution in [1.82, 2.24) is 10.3 Å². The van der Waals surface area contributed by atoms with Crippen molar-refractivity contribution in [3.8, 4) is 0 Å². The van der Waals surface area contributed by atoms with E-state index in [-0.39, 0.29) is 11.5 Å². The molecule has 2 rings (SSSR count). The van der Waals surface area contributed by atoms with Gasteiger partial charge in [0.05, 0.1) is 11.2 Å². The summed E-state index contributed by atoms with van der Waals surface area (Å²) in [6.45, 7) is 3.27. The van der Waals surface area contributed by atoms with Crippen LogP contribution in [0.15, 0.2) is 18.3 Å². The number of pyridine rings is 1. The highest BCUT2D eigenvalue weighted by molar-refractivity contribution is 5.98. The lowest BCUT2D eigenvalue weighted by Crippen LogP contribution is -2.49. The van der Waals surface area contributed by atoms with Crippen LogP contribution in [0.5, 0.6) is 0 Å². The number of nitrogens with one attached hydrogen (secondary N) is 2. The first-order chi connectivity index (χ1) is 9.21. The molecule has 5 nitrogen and oxygen atoms in total. The first kappa shape index (κ1) is 13.8. The van der Waals surface area contributed by atoms with Gasteiger partial charge in [0.25, 0.3) is 5.91 Å². The van der Waals surface area contributed by atoms with Crippen LogP contribution in [0.2, 0.25) is 0 Å². The Balaban J connectivity index is 1.99. The number of rotatable bonds is 6. The molecular formula is C14H21N3O2. The third-order valence-corrected chi connectivity index (χ3v) is 3.67. The van der Waals surface area contributed by atoms with Crippen LogP contribution in [0.1, 0.15) is 36.5 Å². The Kier molecular flexibility index (Phi) is 4.37. The number of carbonyl (C=O) groups excluding carboxylic acids is 1. The normalized spacial score (nSPS) is 16.5. The van der Waals surface area contributed by atoms with Gasteiger partial charge in [-0.15, -0.1) is 0 Å². The minimum atomic E-state index is -0.157. The number of ether oxygens (including phenoxy) is 1. The molecule has 0 unspecified atom stereocenters. The molecule has 1 aliphatic carbocycles. The maximum absolute atomic E-state index is 12.2. The Hall–Kier alpha value is -1.62. The molecule has 1 aromatic rings. The number of carbonyl (C=O) groups is 1. The van der Waals surface area contributed by atoms with Gasteiger partial charge >= 0.3 is 0 Å². The minimum absolute atomic E-state index is 0.104. The van der Waals surface area contributed by atoms with E-state index >= 15 is 0 Å². The third kappa shape index (κ3) is 3.04. The van der Waals surface area contributed by atoms with E-state index < -0.39 is 0 Å². The summed E-state index contributed by atoms with van der Waals surface area (Å²) in [6, 6.07) is 3.55. The summed E-state index contributed by atoms with van der Waals surface area (Å²) >= 11 is 0. The molecule has 2 N–H and O–H groups in total. The van der Waals surface area contributed by atoms with E-state index in [1.54, 1.807) is 25.4 Å². The van der Waals surface area contributed by atoms with Crippen LogP contribution in [0, 0.1) is 0 Å². The fourth-order valence-corrected chi connectivity index (χ4v) is 2.26. The maximum atomic E-state index is 12.2. The SMILES string of the molecule is CCNc1ncccc1C(=O)NCC1(OC)CCC1. The number of hydrogen-bond donors (Lipinski definition) is 2. The van der Waals surface area contributed by atoms with Crippen molar-refractivity contribution in [3.05, 3.63) is 23.9 Å². The summed E-state index contributed by atoms with van der Waals surface area (Å²) < 4.78 is 5.49. The second-order valence-electron chi connectivity index (χ2n) is 4.85. The summed E-state index contributed by atoms with van der Waals surface area (Å²) in [6.07, 6.45) is 4.87. The third-order valence-electron chi connectivity index (χ3n) is 3.67. The van der Waals surface area contributed by atoms with Gasteiger partial charge in [0.15, 0.2) is 0 Å². The molecule has 1 aliphatic rings. The lowest BCUT2D eigenvalue weighted by atomic mass is 9.80. The molecule has 1 aromatic heterocycles. The van der Waals surface area contributed by atoms with Crippen molar-refractivity contribution in [2.45, 2.75) is 31.8 Å². The van der Waals surface area contributed by atoms with Gasteiger partial charge in [-0.2, -0.15) is 0 Å². The quantitative estimate of drug-likeness (QED) is 0.821. The van der Waals surface area contributed by atoms with Gasteiger partial charge in [-0.3, -0.25) is 4.79 Å². The number of hydrogen-bond acceptors (Lipinski definition) is 4. The summed E-state index contributed by atoms with van der Waals surface area (Å²) in [5, 5.41) is 6.04. The summed E-state index contributed by atoms with van der Waals surface area (Å²) in [4.78, 5) is 16.4. The molecular weight excluding hydrogens is 242 g/mol. The minimum Gasteiger partial charge on any atom is -0.376 e. The van der Waals surface area contributed by atoms with Crippen LogP contribution >= 0.6 is 0 Å². The van der Waals surface area contributed by atoms with Crippen LogP contribution < -0.4 is 10.6 Å². The average Bonchev–Trinajstić information content (AvgIpc) is 2.39. The first-order valence-electron chi connectivity index (χ1n) is 6.73. The molecule has 0 aromatic carbocycles. The Morgan fingerprint density at radius 1 is 1.53 bits per heavy atom. The van der Waals surface area contributed by atoms with E-state index in [2.05, 4.69) is 15.6 Å². The van der Waals surface area contributed by atoms with Crippen molar-refractivity contribution in [3.63, 3.8) is 0 Å². The van der Waals surface area contributed by atoms with Gasteiger partial charge < -0.3 is 15.4 Å². The molecule has 1 heterocycles. The van der Waals surface area contributed by atoms with E-state index in [9.17, 15) is 4.79 Å². The molecule has 1 amide bonds. The number of anilines is 1. The van der Waals surface area contributed by atoms with Crippen LogP contribution in [0.3, 0.4) is 0 Å². The second kappa shape index (κ2) is 6.02. The average molecular weight is 263 g/mol. The molecule has 0 saturated heterocycles. The van der Waals surface area contributed by atoms with Gasteiger partial charge in [0, 0.05) is 26.4 Å². The molecule has 0 radical (unpaired) electrons. The van der Waals surface area contributed by atoms with E-state index in [0.717, 1.165) is 19.4 Å². The van der Waals surface area contributed by atoms with Crippen molar-refractivity contribution in [1.29, 1.82) is 0 Å². The first-order valence-corrected chi connectivity index (χ1v) is 6.73. The molecule has 5 heteroatoms. The predicted molar refractivity (Wildman–Crippen MR) is 74.3 cm³/mol. The highest BCUT2D eigenvalue weighted by Gasteiger charge is 2.37. The summed E-state index contributed by atoms with van der Waals surface area (Å²) in [5.74, 6) is 0.523. The predicted octanol–water partition coefficient (Wildman–Crippen LogP) is 1.81. The molecule has 104 valence electrons. The van der Waals surface area contributed by atoms with Crippen LogP contribution in [0.4, 0.5) is 5.82 Å². The monoisotopic (exact) mass is 263 g/mol. The highest BCUT2D eigenvalue weighted by Crippen LogP contribution is 2.34. The molecule has 0 aliphatic heterocycles. The molecule has 1 saturated carbocycles. The Morgan fingerprint density at radius 3 is 2.89 bits per heavy atom. The summed E-state index contributed by atoms with van der Waals surface area (Å²) in [5.41, 5.74) is 0.422. The smallest absolute Gasteiger partial charge is 0.255 e. The van der Waals surface area contributed by atoms with Crippen molar-refractivity contribution < 1.29 is 9.53 Å². The Morgan fingerprint density at radius 2 is 2.32 bits per heavy atom. The van der Waals surface area contributed by atoms with Gasteiger partial charge in [0.1, 0.15) is 5.82 Å². The lowest BCUT2D eigenvalue weighted by molar-refractivity contribution is -0.0679. The van der Waals surface area contributed by atoms with Crippen molar-refractivity contribution in [2.75, 3.05) is 25.5 Å². The van der Waals surface area contributed by atoms with Crippen LogP contribution in [-0.4, -0.2) is 36.7 Å². The van der Waals surface area contributed by atoms with Gasteiger partial charge in [-0.1, -0.05) is 0 Å². The fourth-order valence-electron chi connectivity index (χ4n) is 2.26. The zero-order chi connectivity index (χ0) is 13.7. The second-order valence-corrected chi connectivity index (χ2v) is 4.85. The van der Waals surface area contributed by atoms with E-state index in [4.69, 9.17) is 4.74 Å². The summed E-state index contributed by atoms with van der Waals surface area (Å²) in [7, 11) is 1.71. The lowest BCUT2D eigenvalue weighted by Gasteiger charge is -2.40. The molecule has 1 fully saturated rings. The van der Waals surface area contributed by atoms with Gasteiger partial charge in [0.2, 0.25) is 0 Å². The highest BCUT2D eigenvalue weighted by atomic mass is 16.5. The molecule has 0 atom stereocenters. The molecule has 0 bridgehead atoms. The Labute approximate surface area is 113 Å².